The Morgan fingerprint density at radius 3 is 2.77 bits per heavy atom. The fraction of sp³-hybridized carbons (Fsp3) is 0.467. The van der Waals surface area contributed by atoms with Gasteiger partial charge in [0, 0.05) is 25.4 Å². The highest BCUT2D eigenvalue weighted by Gasteiger charge is 2.18. The number of anilines is 1. The second-order valence-corrected chi connectivity index (χ2v) is 6.58. The molecule has 0 aliphatic heterocycles. The zero-order valence-electron chi connectivity index (χ0n) is 12.3. The van der Waals surface area contributed by atoms with Gasteiger partial charge in [0.15, 0.2) is 0 Å². The molecule has 0 atom stereocenters. The number of nitrogens with zero attached hydrogens (tertiary/aromatic N) is 3. The molecular weight excluding hydrogens is 298 g/mol. The van der Waals surface area contributed by atoms with Crippen molar-refractivity contribution in [2.24, 2.45) is 5.92 Å². The number of nitrogens with one attached hydrogen (secondary N) is 2. The maximum atomic E-state index is 11.8. The van der Waals surface area contributed by atoms with Gasteiger partial charge in [0.05, 0.1) is 0 Å². The zero-order valence-corrected chi connectivity index (χ0v) is 13.1. The third kappa shape index (κ3) is 4.24. The lowest BCUT2D eigenvalue weighted by Crippen LogP contribution is -2.28. The van der Waals surface area contributed by atoms with Gasteiger partial charge in [-0.05, 0) is 23.6 Å². The lowest BCUT2D eigenvalue weighted by atomic mass is 10.1. The zero-order chi connectivity index (χ0) is 15.2. The Balaban J connectivity index is 1.46. The minimum atomic E-state index is -0.264. The Hall–Kier alpha value is -2.02. The first kappa shape index (κ1) is 14.9. The van der Waals surface area contributed by atoms with Crippen molar-refractivity contribution in [3.8, 4) is 0 Å². The van der Waals surface area contributed by atoms with Crippen LogP contribution in [0.4, 0.5) is 9.93 Å². The Kier molecular flexibility index (Phi) is 4.95. The van der Waals surface area contributed by atoms with Crippen LogP contribution in [0.3, 0.4) is 0 Å². The summed E-state index contributed by atoms with van der Waals surface area (Å²) < 4.78 is 0. The Bertz CT molecular complexity index is 609. The molecule has 1 aliphatic carbocycles. The van der Waals surface area contributed by atoms with Gasteiger partial charge in [-0.15, -0.1) is 10.2 Å². The molecule has 2 aromatic rings. The van der Waals surface area contributed by atoms with E-state index in [4.69, 9.17) is 0 Å². The average Bonchev–Trinajstić information content (AvgIpc) is 3.19. The summed E-state index contributed by atoms with van der Waals surface area (Å²) in [6.45, 7) is 0.460. The monoisotopic (exact) mass is 317 g/mol. The summed E-state index contributed by atoms with van der Waals surface area (Å²) >= 11 is 1.47. The van der Waals surface area contributed by atoms with Crippen molar-refractivity contribution in [2.45, 2.75) is 38.6 Å². The number of aromatic nitrogens is 3. The van der Waals surface area contributed by atoms with Gasteiger partial charge in [0.2, 0.25) is 5.13 Å². The van der Waals surface area contributed by atoms with E-state index < -0.39 is 0 Å². The van der Waals surface area contributed by atoms with E-state index in [9.17, 15) is 4.79 Å². The molecule has 0 bridgehead atoms. The highest BCUT2D eigenvalue weighted by molar-refractivity contribution is 7.15. The van der Waals surface area contributed by atoms with E-state index >= 15 is 0 Å². The number of urea groups is 1. The minimum absolute atomic E-state index is 0.264. The fourth-order valence-corrected chi connectivity index (χ4v) is 3.52. The van der Waals surface area contributed by atoms with Gasteiger partial charge in [0.25, 0.3) is 0 Å². The number of pyridine rings is 1. The van der Waals surface area contributed by atoms with E-state index in [1.54, 1.807) is 12.4 Å². The van der Waals surface area contributed by atoms with Crippen molar-refractivity contribution >= 4 is 22.5 Å². The maximum absolute atomic E-state index is 11.8. The SMILES string of the molecule is O=C(NCc1ccncc1)Nc1nnc(CC2CCCC2)s1. The number of carbonyl (C=O) groups excluding carboxylic acids is 1. The van der Waals surface area contributed by atoms with Crippen LogP contribution in [0.15, 0.2) is 24.5 Å². The Labute approximate surface area is 133 Å². The van der Waals surface area contributed by atoms with E-state index in [-0.39, 0.29) is 6.03 Å². The van der Waals surface area contributed by atoms with Crippen LogP contribution in [0.1, 0.15) is 36.3 Å². The van der Waals surface area contributed by atoms with Gasteiger partial charge in [-0.3, -0.25) is 10.3 Å². The predicted octanol–water partition coefficient (Wildman–Crippen LogP) is 2.99. The van der Waals surface area contributed by atoms with Crippen LogP contribution in [0, 0.1) is 5.92 Å². The van der Waals surface area contributed by atoms with Crippen LogP contribution < -0.4 is 10.6 Å². The summed E-state index contributed by atoms with van der Waals surface area (Å²) in [5, 5.41) is 15.3. The standard InChI is InChI=1S/C15H19N5OS/c21-14(17-10-12-5-7-16-8-6-12)18-15-20-19-13(22-15)9-11-3-1-2-4-11/h5-8,11H,1-4,9-10H2,(H2,17,18,20,21). The molecule has 1 fully saturated rings. The first-order valence-electron chi connectivity index (χ1n) is 7.56. The van der Waals surface area contributed by atoms with E-state index in [2.05, 4.69) is 25.8 Å². The van der Waals surface area contributed by atoms with Crippen LogP contribution in [0.5, 0.6) is 0 Å². The van der Waals surface area contributed by atoms with Crippen molar-refractivity contribution in [2.75, 3.05) is 5.32 Å². The topological polar surface area (TPSA) is 79.8 Å². The largest absolute Gasteiger partial charge is 0.334 e. The van der Waals surface area contributed by atoms with E-state index in [0.29, 0.717) is 11.7 Å². The quantitative estimate of drug-likeness (QED) is 0.888. The number of rotatable bonds is 5. The van der Waals surface area contributed by atoms with Crippen LogP contribution in [0.2, 0.25) is 0 Å². The van der Waals surface area contributed by atoms with Gasteiger partial charge >= 0.3 is 6.03 Å². The summed E-state index contributed by atoms with van der Waals surface area (Å²) in [5.74, 6) is 0.737. The number of amides is 2. The molecule has 2 N–H and O–H groups in total. The highest BCUT2D eigenvalue weighted by atomic mass is 32.1. The molecule has 116 valence electrons. The Morgan fingerprint density at radius 2 is 2.00 bits per heavy atom. The van der Waals surface area contributed by atoms with Crippen molar-refractivity contribution < 1.29 is 4.79 Å². The number of hydrogen-bond acceptors (Lipinski definition) is 5. The summed E-state index contributed by atoms with van der Waals surface area (Å²) in [5.41, 5.74) is 1.00. The minimum Gasteiger partial charge on any atom is -0.334 e. The number of hydrogen-bond donors (Lipinski definition) is 2. The molecule has 1 saturated carbocycles. The molecule has 3 rings (SSSR count). The summed E-state index contributed by atoms with van der Waals surface area (Å²) in [6, 6.07) is 3.47. The van der Waals surface area contributed by atoms with Gasteiger partial charge in [-0.25, -0.2) is 4.79 Å². The Morgan fingerprint density at radius 1 is 1.23 bits per heavy atom. The summed E-state index contributed by atoms with van der Waals surface area (Å²) in [4.78, 5) is 15.8. The molecule has 7 heteroatoms. The van der Waals surface area contributed by atoms with Crippen molar-refractivity contribution in [1.29, 1.82) is 0 Å². The van der Waals surface area contributed by atoms with Crippen LogP contribution in [-0.4, -0.2) is 21.2 Å². The third-order valence-corrected chi connectivity index (χ3v) is 4.69. The van der Waals surface area contributed by atoms with Gasteiger partial charge in [0.1, 0.15) is 5.01 Å². The molecule has 2 amide bonds. The molecule has 0 saturated heterocycles. The molecule has 2 aromatic heterocycles. The van der Waals surface area contributed by atoms with Gasteiger partial charge in [-0.1, -0.05) is 37.0 Å². The third-order valence-electron chi connectivity index (χ3n) is 3.83. The molecule has 6 nitrogen and oxygen atoms in total. The molecular formula is C15H19N5OS. The van der Waals surface area contributed by atoms with E-state index in [1.165, 1.54) is 37.0 Å². The average molecular weight is 317 g/mol. The van der Waals surface area contributed by atoms with E-state index in [0.717, 1.165) is 22.9 Å². The lowest BCUT2D eigenvalue weighted by molar-refractivity contribution is 0.251. The predicted molar refractivity (Wildman–Crippen MR) is 85.7 cm³/mol. The molecule has 2 heterocycles. The molecule has 22 heavy (non-hydrogen) atoms. The first-order valence-corrected chi connectivity index (χ1v) is 8.37. The van der Waals surface area contributed by atoms with Crippen molar-refractivity contribution in [1.82, 2.24) is 20.5 Å². The maximum Gasteiger partial charge on any atom is 0.321 e. The van der Waals surface area contributed by atoms with Crippen LogP contribution in [0.25, 0.3) is 0 Å². The second-order valence-electron chi connectivity index (χ2n) is 5.52. The van der Waals surface area contributed by atoms with Crippen molar-refractivity contribution in [3.63, 3.8) is 0 Å². The molecule has 0 radical (unpaired) electrons. The second kappa shape index (κ2) is 7.31. The van der Waals surface area contributed by atoms with E-state index in [1.807, 2.05) is 12.1 Å². The summed E-state index contributed by atoms with van der Waals surface area (Å²) in [6.07, 6.45) is 9.61. The fourth-order valence-electron chi connectivity index (χ4n) is 2.67. The number of carbonyl (C=O) groups is 1. The smallest absolute Gasteiger partial charge is 0.321 e. The molecule has 0 unspecified atom stereocenters. The van der Waals surface area contributed by atoms with Crippen LogP contribution in [-0.2, 0) is 13.0 Å². The highest BCUT2D eigenvalue weighted by Crippen LogP contribution is 2.29. The lowest BCUT2D eigenvalue weighted by Gasteiger charge is -2.05. The summed E-state index contributed by atoms with van der Waals surface area (Å²) in [7, 11) is 0. The molecule has 0 spiro atoms. The molecule has 1 aliphatic rings. The van der Waals surface area contributed by atoms with Gasteiger partial charge in [-0.2, -0.15) is 0 Å². The van der Waals surface area contributed by atoms with Crippen molar-refractivity contribution in [3.05, 3.63) is 35.1 Å². The first-order chi connectivity index (χ1) is 10.8. The van der Waals surface area contributed by atoms with Crippen LogP contribution >= 0.6 is 11.3 Å². The molecule has 0 aromatic carbocycles. The normalized spacial score (nSPS) is 14.9. The van der Waals surface area contributed by atoms with Gasteiger partial charge < -0.3 is 5.32 Å².